The number of carbonyl (C=O) groups is 2. The van der Waals surface area contributed by atoms with Gasteiger partial charge < -0.3 is 24.4 Å². The summed E-state index contributed by atoms with van der Waals surface area (Å²) in [5.74, 6) is 1.47. The van der Waals surface area contributed by atoms with Crippen LogP contribution in [0.25, 0.3) is 0 Å². The lowest BCUT2D eigenvalue weighted by Crippen LogP contribution is -2.41. The van der Waals surface area contributed by atoms with Gasteiger partial charge in [-0.3, -0.25) is 10.1 Å². The predicted octanol–water partition coefficient (Wildman–Crippen LogP) is 3.82. The lowest BCUT2D eigenvalue weighted by Gasteiger charge is -2.24. The molecule has 0 fully saturated rings. The molecule has 0 spiro atoms. The van der Waals surface area contributed by atoms with Gasteiger partial charge in [0.25, 0.3) is 0 Å². The molecular weight excluding hydrogens is 422 g/mol. The molecule has 1 aliphatic rings. The fourth-order valence-electron chi connectivity index (χ4n) is 3.46. The highest BCUT2D eigenvalue weighted by Crippen LogP contribution is 2.32. The third-order valence-corrected chi connectivity index (χ3v) is 5.04. The summed E-state index contributed by atoms with van der Waals surface area (Å²) in [7, 11) is 1.60. The zero-order valence-corrected chi connectivity index (χ0v) is 18.2. The van der Waals surface area contributed by atoms with E-state index in [1.165, 1.54) is 0 Å². The minimum absolute atomic E-state index is 0.00418. The summed E-state index contributed by atoms with van der Waals surface area (Å²) in [6, 6.07) is 21.7. The average Bonchev–Trinajstić information content (AvgIpc) is 2.84. The van der Waals surface area contributed by atoms with Crippen LogP contribution < -0.4 is 29.7 Å². The Labute approximate surface area is 192 Å². The van der Waals surface area contributed by atoms with Gasteiger partial charge in [0.15, 0.2) is 11.5 Å². The topological polar surface area (TPSA) is 89.1 Å². The molecule has 8 nitrogen and oxygen atoms in total. The average molecular weight is 447 g/mol. The van der Waals surface area contributed by atoms with Crippen molar-refractivity contribution < 1.29 is 23.8 Å². The van der Waals surface area contributed by atoms with Crippen molar-refractivity contribution in [2.24, 2.45) is 0 Å². The lowest BCUT2D eigenvalue weighted by atomic mass is 10.2. The molecule has 0 saturated carbocycles. The molecule has 0 unspecified atom stereocenters. The third kappa shape index (κ3) is 5.94. The van der Waals surface area contributed by atoms with Gasteiger partial charge in [-0.2, -0.15) is 0 Å². The van der Waals surface area contributed by atoms with E-state index in [4.69, 9.17) is 14.2 Å². The highest BCUT2D eigenvalue weighted by Gasteiger charge is 2.17. The molecule has 0 aliphatic carbocycles. The molecule has 0 saturated heterocycles. The SMILES string of the molecule is COc1ccc(N(CC(=O)NC(=O)Nc2ccc3c(c2)OCCO3)Cc2ccccc2)cc1. The summed E-state index contributed by atoms with van der Waals surface area (Å²) in [6.07, 6.45) is 0. The Bertz CT molecular complexity index is 1100. The number of benzene rings is 3. The van der Waals surface area contributed by atoms with Crippen LogP contribution in [0.3, 0.4) is 0 Å². The van der Waals surface area contributed by atoms with Crippen LogP contribution in [0.1, 0.15) is 5.56 Å². The molecule has 3 aromatic carbocycles. The van der Waals surface area contributed by atoms with E-state index in [2.05, 4.69) is 10.6 Å². The third-order valence-electron chi connectivity index (χ3n) is 5.04. The van der Waals surface area contributed by atoms with Gasteiger partial charge in [-0.25, -0.2) is 4.79 Å². The summed E-state index contributed by atoms with van der Waals surface area (Å²) in [5, 5.41) is 5.05. The number of nitrogens with one attached hydrogen (secondary N) is 2. The number of imide groups is 1. The Morgan fingerprint density at radius 2 is 1.67 bits per heavy atom. The Balaban J connectivity index is 1.40. The van der Waals surface area contributed by atoms with Crippen LogP contribution >= 0.6 is 0 Å². The van der Waals surface area contributed by atoms with Crippen LogP contribution in [0.15, 0.2) is 72.8 Å². The van der Waals surface area contributed by atoms with Gasteiger partial charge in [-0.05, 0) is 42.0 Å². The quantitative estimate of drug-likeness (QED) is 0.572. The van der Waals surface area contributed by atoms with E-state index in [1.54, 1.807) is 25.3 Å². The van der Waals surface area contributed by atoms with Gasteiger partial charge in [0.1, 0.15) is 19.0 Å². The second kappa shape index (κ2) is 10.4. The van der Waals surface area contributed by atoms with E-state index in [1.807, 2.05) is 59.5 Å². The molecule has 3 aromatic rings. The second-order valence-corrected chi connectivity index (χ2v) is 7.40. The van der Waals surface area contributed by atoms with Crippen molar-refractivity contribution in [2.75, 3.05) is 37.1 Å². The number of ether oxygens (including phenoxy) is 3. The number of urea groups is 1. The van der Waals surface area contributed by atoms with Gasteiger partial charge in [-0.15, -0.1) is 0 Å². The fourth-order valence-corrected chi connectivity index (χ4v) is 3.46. The predicted molar refractivity (Wildman–Crippen MR) is 125 cm³/mol. The van der Waals surface area contributed by atoms with Gasteiger partial charge in [0.05, 0.1) is 13.7 Å². The summed E-state index contributed by atoms with van der Waals surface area (Å²) >= 11 is 0. The van der Waals surface area contributed by atoms with Crippen molar-refractivity contribution in [3.8, 4) is 17.2 Å². The summed E-state index contributed by atoms with van der Waals surface area (Å²) in [6.45, 7) is 1.44. The first-order chi connectivity index (χ1) is 16.1. The van der Waals surface area contributed by atoms with Crippen LogP contribution in [-0.2, 0) is 11.3 Å². The highest BCUT2D eigenvalue weighted by molar-refractivity contribution is 6.02. The molecule has 1 aliphatic heterocycles. The number of anilines is 2. The van der Waals surface area contributed by atoms with Crippen LogP contribution in [0.2, 0.25) is 0 Å². The van der Waals surface area contributed by atoms with Crippen molar-refractivity contribution in [1.82, 2.24) is 5.32 Å². The molecular formula is C25H25N3O5. The first kappa shape index (κ1) is 22.0. The van der Waals surface area contributed by atoms with Gasteiger partial charge >= 0.3 is 6.03 Å². The van der Waals surface area contributed by atoms with E-state index in [9.17, 15) is 9.59 Å². The monoisotopic (exact) mass is 447 g/mol. The number of rotatable bonds is 7. The number of nitrogens with zero attached hydrogens (tertiary/aromatic N) is 1. The largest absolute Gasteiger partial charge is 0.497 e. The second-order valence-electron chi connectivity index (χ2n) is 7.40. The van der Waals surface area contributed by atoms with E-state index in [0.717, 1.165) is 17.0 Å². The van der Waals surface area contributed by atoms with E-state index in [0.29, 0.717) is 36.9 Å². The number of amides is 3. The van der Waals surface area contributed by atoms with Gasteiger partial charge in [0, 0.05) is 24.0 Å². The summed E-state index contributed by atoms with van der Waals surface area (Å²) in [5.41, 5.74) is 2.38. The maximum atomic E-state index is 12.7. The Morgan fingerprint density at radius 3 is 2.39 bits per heavy atom. The number of carbonyl (C=O) groups excluding carboxylic acids is 2. The maximum Gasteiger partial charge on any atom is 0.325 e. The standard InChI is InChI=1S/C25H25N3O5/c1-31-21-10-8-20(9-11-21)28(16-18-5-3-2-4-6-18)17-24(29)27-25(30)26-19-7-12-22-23(15-19)33-14-13-32-22/h2-12,15H,13-14,16-17H2,1H3,(H2,26,27,29,30). The minimum Gasteiger partial charge on any atom is -0.497 e. The molecule has 2 N–H and O–H groups in total. The number of hydrogen-bond acceptors (Lipinski definition) is 6. The molecule has 0 bridgehead atoms. The summed E-state index contributed by atoms with van der Waals surface area (Å²) < 4.78 is 16.2. The molecule has 33 heavy (non-hydrogen) atoms. The smallest absolute Gasteiger partial charge is 0.325 e. The Morgan fingerprint density at radius 1 is 0.939 bits per heavy atom. The first-order valence-electron chi connectivity index (χ1n) is 10.5. The van der Waals surface area contributed by atoms with E-state index >= 15 is 0 Å². The van der Waals surface area contributed by atoms with Crippen molar-refractivity contribution in [3.05, 3.63) is 78.4 Å². The molecule has 0 atom stereocenters. The minimum atomic E-state index is -0.619. The first-order valence-corrected chi connectivity index (χ1v) is 10.5. The number of methoxy groups -OCH3 is 1. The Kier molecular flexibility index (Phi) is 6.94. The van der Waals surface area contributed by atoms with Crippen LogP contribution in [-0.4, -0.2) is 38.8 Å². The van der Waals surface area contributed by atoms with Crippen LogP contribution in [0.4, 0.5) is 16.2 Å². The lowest BCUT2D eigenvalue weighted by molar-refractivity contribution is -0.118. The molecule has 8 heteroatoms. The zero-order chi connectivity index (χ0) is 23.0. The van der Waals surface area contributed by atoms with Gasteiger partial charge in [0.2, 0.25) is 5.91 Å². The number of fused-ring (bicyclic) bond motifs is 1. The number of hydrogen-bond donors (Lipinski definition) is 2. The van der Waals surface area contributed by atoms with Crippen molar-refractivity contribution in [1.29, 1.82) is 0 Å². The molecule has 0 radical (unpaired) electrons. The molecule has 3 amide bonds. The normalized spacial score (nSPS) is 11.9. The molecule has 170 valence electrons. The Hall–Kier alpha value is -4.20. The maximum absolute atomic E-state index is 12.7. The van der Waals surface area contributed by atoms with Crippen LogP contribution in [0.5, 0.6) is 17.2 Å². The molecule has 4 rings (SSSR count). The molecule has 0 aromatic heterocycles. The van der Waals surface area contributed by atoms with Crippen molar-refractivity contribution in [3.63, 3.8) is 0 Å². The van der Waals surface area contributed by atoms with Crippen molar-refractivity contribution >= 4 is 23.3 Å². The van der Waals surface area contributed by atoms with Crippen molar-refractivity contribution in [2.45, 2.75) is 6.54 Å². The van der Waals surface area contributed by atoms with Crippen LogP contribution in [0, 0.1) is 0 Å². The van der Waals surface area contributed by atoms with Gasteiger partial charge in [-0.1, -0.05) is 30.3 Å². The van der Waals surface area contributed by atoms with E-state index in [-0.39, 0.29) is 6.54 Å². The highest BCUT2D eigenvalue weighted by atomic mass is 16.6. The zero-order valence-electron chi connectivity index (χ0n) is 18.2. The fraction of sp³-hybridized carbons (Fsp3) is 0.200. The van der Waals surface area contributed by atoms with E-state index < -0.39 is 11.9 Å². The molecule has 1 heterocycles. The summed E-state index contributed by atoms with van der Waals surface area (Å²) in [4.78, 5) is 27.0.